The number of nitrogens with one attached hydrogen (secondary N) is 1. The molecule has 1 heterocycles. The van der Waals surface area contributed by atoms with Crippen LogP contribution in [0.3, 0.4) is 0 Å². The lowest BCUT2D eigenvalue weighted by molar-refractivity contribution is 0.0697. The van der Waals surface area contributed by atoms with Crippen molar-refractivity contribution in [1.82, 2.24) is 5.32 Å². The van der Waals surface area contributed by atoms with Crippen molar-refractivity contribution in [3.8, 4) is 0 Å². The summed E-state index contributed by atoms with van der Waals surface area (Å²) in [5.41, 5.74) is 1.57. The number of carboxylic acids is 1. The molecule has 1 unspecified atom stereocenters. The molecular formula is C13H17NO2. The highest BCUT2D eigenvalue weighted by Gasteiger charge is 2.13. The lowest BCUT2D eigenvalue weighted by Gasteiger charge is -2.23. The molecule has 3 heteroatoms. The minimum atomic E-state index is -0.859. The van der Waals surface area contributed by atoms with Crippen LogP contribution >= 0.6 is 0 Å². The Bertz CT molecular complexity index is 353. The van der Waals surface area contributed by atoms with E-state index in [1.807, 2.05) is 12.1 Å². The molecule has 0 saturated carbocycles. The van der Waals surface area contributed by atoms with Gasteiger partial charge in [0.1, 0.15) is 0 Å². The van der Waals surface area contributed by atoms with E-state index in [2.05, 4.69) is 5.32 Å². The standard InChI is InChI=1S/C13H17NO2/c15-13(16)11-6-4-10(5-7-11)9-12-3-1-2-8-14-12/h4-7,12,14H,1-3,8-9H2,(H,15,16). The van der Waals surface area contributed by atoms with Crippen LogP contribution in [-0.4, -0.2) is 23.7 Å². The molecule has 2 rings (SSSR count). The number of aromatic carboxylic acids is 1. The first-order valence-electron chi connectivity index (χ1n) is 5.81. The molecule has 1 fully saturated rings. The molecule has 1 aromatic carbocycles. The topological polar surface area (TPSA) is 49.3 Å². The van der Waals surface area contributed by atoms with Gasteiger partial charge in [0.2, 0.25) is 0 Å². The van der Waals surface area contributed by atoms with E-state index < -0.39 is 5.97 Å². The van der Waals surface area contributed by atoms with Crippen LogP contribution in [0.25, 0.3) is 0 Å². The molecule has 1 saturated heterocycles. The summed E-state index contributed by atoms with van der Waals surface area (Å²) in [6.07, 6.45) is 4.79. The van der Waals surface area contributed by atoms with Crippen LogP contribution in [0.5, 0.6) is 0 Å². The second-order valence-corrected chi connectivity index (χ2v) is 4.35. The van der Waals surface area contributed by atoms with E-state index in [-0.39, 0.29) is 0 Å². The van der Waals surface area contributed by atoms with Crippen LogP contribution in [0.1, 0.15) is 35.2 Å². The number of carbonyl (C=O) groups is 1. The quantitative estimate of drug-likeness (QED) is 0.818. The number of rotatable bonds is 3. The molecular weight excluding hydrogens is 202 g/mol. The van der Waals surface area contributed by atoms with Crippen LogP contribution in [-0.2, 0) is 6.42 Å². The monoisotopic (exact) mass is 219 g/mol. The number of piperidine rings is 1. The maximum absolute atomic E-state index is 10.7. The molecule has 0 aromatic heterocycles. The second-order valence-electron chi connectivity index (χ2n) is 4.35. The highest BCUT2D eigenvalue weighted by Crippen LogP contribution is 2.13. The van der Waals surface area contributed by atoms with Crippen LogP contribution in [0.2, 0.25) is 0 Å². The van der Waals surface area contributed by atoms with Gasteiger partial charge in [-0.3, -0.25) is 0 Å². The van der Waals surface area contributed by atoms with Gasteiger partial charge in [-0.05, 0) is 43.5 Å². The van der Waals surface area contributed by atoms with Gasteiger partial charge >= 0.3 is 5.97 Å². The van der Waals surface area contributed by atoms with Crippen molar-refractivity contribution in [3.05, 3.63) is 35.4 Å². The third-order valence-electron chi connectivity index (χ3n) is 3.10. The number of hydrogen-bond acceptors (Lipinski definition) is 2. The molecule has 0 radical (unpaired) electrons. The summed E-state index contributed by atoms with van der Waals surface area (Å²) in [4.78, 5) is 10.7. The highest BCUT2D eigenvalue weighted by molar-refractivity contribution is 5.87. The summed E-state index contributed by atoms with van der Waals surface area (Å²) in [6.45, 7) is 1.11. The summed E-state index contributed by atoms with van der Waals surface area (Å²) in [6, 6.07) is 7.75. The van der Waals surface area contributed by atoms with E-state index in [4.69, 9.17) is 5.11 Å². The van der Waals surface area contributed by atoms with Gasteiger partial charge in [0.25, 0.3) is 0 Å². The van der Waals surface area contributed by atoms with Crippen molar-refractivity contribution < 1.29 is 9.90 Å². The third-order valence-corrected chi connectivity index (χ3v) is 3.10. The predicted octanol–water partition coefficient (Wildman–Crippen LogP) is 2.07. The first kappa shape index (κ1) is 11.1. The lowest BCUT2D eigenvalue weighted by Crippen LogP contribution is -2.35. The summed E-state index contributed by atoms with van der Waals surface area (Å²) in [5, 5.41) is 12.3. The average Bonchev–Trinajstić information content (AvgIpc) is 2.31. The Balaban J connectivity index is 1.96. The van der Waals surface area contributed by atoms with Gasteiger partial charge in [0.15, 0.2) is 0 Å². The van der Waals surface area contributed by atoms with Crippen molar-refractivity contribution in [2.75, 3.05) is 6.54 Å². The van der Waals surface area contributed by atoms with Gasteiger partial charge in [0, 0.05) is 6.04 Å². The van der Waals surface area contributed by atoms with Crippen LogP contribution in [0.15, 0.2) is 24.3 Å². The van der Waals surface area contributed by atoms with Crippen molar-refractivity contribution in [2.24, 2.45) is 0 Å². The fourth-order valence-corrected chi connectivity index (χ4v) is 2.17. The summed E-state index contributed by atoms with van der Waals surface area (Å²) < 4.78 is 0. The van der Waals surface area contributed by atoms with Crippen molar-refractivity contribution in [2.45, 2.75) is 31.7 Å². The molecule has 0 aliphatic carbocycles. The second kappa shape index (κ2) is 5.12. The van der Waals surface area contributed by atoms with E-state index in [9.17, 15) is 4.79 Å². The normalized spacial score (nSPS) is 20.6. The fourth-order valence-electron chi connectivity index (χ4n) is 2.17. The van der Waals surface area contributed by atoms with Gasteiger partial charge in [-0.25, -0.2) is 4.79 Å². The van der Waals surface area contributed by atoms with Gasteiger partial charge in [-0.2, -0.15) is 0 Å². The molecule has 1 atom stereocenters. The molecule has 1 aromatic rings. The smallest absolute Gasteiger partial charge is 0.335 e. The predicted molar refractivity (Wildman–Crippen MR) is 62.7 cm³/mol. The largest absolute Gasteiger partial charge is 0.478 e. The van der Waals surface area contributed by atoms with Gasteiger partial charge < -0.3 is 10.4 Å². The Morgan fingerprint density at radius 2 is 2.06 bits per heavy atom. The first-order valence-corrected chi connectivity index (χ1v) is 5.81. The summed E-state index contributed by atoms with van der Waals surface area (Å²) in [7, 11) is 0. The van der Waals surface area contributed by atoms with Gasteiger partial charge in [-0.15, -0.1) is 0 Å². The fraction of sp³-hybridized carbons (Fsp3) is 0.462. The summed E-state index contributed by atoms with van der Waals surface area (Å²) in [5.74, 6) is -0.859. The van der Waals surface area contributed by atoms with E-state index in [0.29, 0.717) is 11.6 Å². The zero-order valence-electron chi connectivity index (χ0n) is 9.28. The molecule has 2 N–H and O–H groups in total. The molecule has 0 amide bonds. The maximum Gasteiger partial charge on any atom is 0.335 e. The highest BCUT2D eigenvalue weighted by atomic mass is 16.4. The van der Waals surface area contributed by atoms with E-state index >= 15 is 0 Å². The average molecular weight is 219 g/mol. The molecule has 86 valence electrons. The van der Waals surface area contributed by atoms with Crippen LogP contribution in [0.4, 0.5) is 0 Å². The number of hydrogen-bond donors (Lipinski definition) is 2. The van der Waals surface area contributed by atoms with E-state index in [1.54, 1.807) is 12.1 Å². The van der Waals surface area contributed by atoms with E-state index in [0.717, 1.165) is 13.0 Å². The molecule has 3 nitrogen and oxygen atoms in total. The molecule has 0 spiro atoms. The van der Waals surface area contributed by atoms with Crippen molar-refractivity contribution in [1.29, 1.82) is 0 Å². The maximum atomic E-state index is 10.7. The van der Waals surface area contributed by atoms with Crippen LogP contribution in [0, 0.1) is 0 Å². The Hall–Kier alpha value is -1.35. The Morgan fingerprint density at radius 1 is 1.31 bits per heavy atom. The number of carboxylic acid groups (broad SMARTS) is 1. The van der Waals surface area contributed by atoms with Crippen LogP contribution < -0.4 is 5.32 Å². The zero-order chi connectivity index (χ0) is 11.4. The first-order chi connectivity index (χ1) is 7.75. The lowest BCUT2D eigenvalue weighted by atomic mass is 9.97. The minimum absolute atomic E-state index is 0.361. The molecule has 0 bridgehead atoms. The third kappa shape index (κ3) is 2.83. The SMILES string of the molecule is O=C(O)c1ccc(CC2CCCCN2)cc1. The van der Waals surface area contributed by atoms with Gasteiger partial charge in [-0.1, -0.05) is 18.6 Å². The van der Waals surface area contributed by atoms with Crippen molar-refractivity contribution >= 4 is 5.97 Å². The minimum Gasteiger partial charge on any atom is -0.478 e. The summed E-state index contributed by atoms with van der Waals surface area (Å²) >= 11 is 0. The molecule has 16 heavy (non-hydrogen) atoms. The Labute approximate surface area is 95.5 Å². The van der Waals surface area contributed by atoms with Crippen molar-refractivity contribution in [3.63, 3.8) is 0 Å². The van der Waals surface area contributed by atoms with E-state index in [1.165, 1.54) is 24.8 Å². The number of benzene rings is 1. The Morgan fingerprint density at radius 3 is 2.62 bits per heavy atom. The molecule has 1 aliphatic rings. The molecule has 1 aliphatic heterocycles. The van der Waals surface area contributed by atoms with Gasteiger partial charge in [0.05, 0.1) is 5.56 Å². The zero-order valence-corrected chi connectivity index (χ0v) is 9.28. The Kier molecular flexibility index (Phi) is 3.57.